The highest BCUT2D eigenvalue weighted by Gasteiger charge is 2.30. The lowest BCUT2D eigenvalue weighted by atomic mass is 10.0. The van der Waals surface area contributed by atoms with Gasteiger partial charge in [0, 0.05) is 57.8 Å². The van der Waals surface area contributed by atoms with Crippen molar-refractivity contribution in [2.75, 3.05) is 82.5 Å². The Morgan fingerprint density at radius 2 is 1.73 bits per heavy atom. The first-order valence-electron chi connectivity index (χ1n) is 11.8. The molecule has 5 rings (SSSR count). The van der Waals surface area contributed by atoms with Gasteiger partial charge in [-0.15, -0.1) is 0 Å². The molecule has 0 bridgehead atoms. The number of ether oxygens (including phenoxy) is 2. The molecule has 0 N–H and O–H groups in total. The predicted molar refractivity (Wildman–Crippen MR) is 126 cm³/mol. The van der Waals surface area contributed by atoms with E-state index >= 15 is 0 Å². The molecule has 3 aliphatic heterocycles. The molecular weight excluding hydrogens is 420 g/mol. The van der Waals surface area contributed by atoms with Crippen molar-refractivity contribution in [1.29, 1.82) is 0 Å². The number of piperazine rings is 1. The Bertz CT molecular complexity index is 958. The van der Waals surface area contributed by atoms with Crippen molar-refractivity contribution in [3.05, 3.63) is 41.6 Å². The summed E-state index contributed by atoms with van der Waals surface area (Å²) in [7, 11) is 2.15. The summed E-state index contributed by atoms with van der Waals surface area (Å²) < 4.78 is 11.2. The van der Waals surface area contributed by atoms with Gasteiger partial charge < -0.3 is 29.1 Å². The second kappa shape index (κ2) is 9.93. The number of benzene rings is 1. The van der Waals surface area contributed by atoms with E-state index in [0.29, 0.717) is 32.1 Å². The summed E-state index contributed by atoms with van der Waals surface area (Å²) in [5.74, 6) is 2.47. The number of para-hydroxylation sites is 1. The molecule has 0 aliphatic carbocycles. The van der Waals surface area contributed by atoms with E-state index in [4.69, 9.17) is 19.4 Å². The Morgan fingerprint density at radius 3 is 2.48 bits per heavy atom. The lowest BCUT2D eigenvalue weighted by molar-refractivity contribution is -0.134. The molecule has 2 fully saturated rings. The highest BCUT2D eigenvalue weighted by Crippen LogP contribution is 2.30. The van der Waals surface area contributed by atoms with Gasteiger partial charge in [0.15, 0.2) is 6.61 Å². The van der Waals surface area contributed by atoms with Gasteiger partial charge in [0.05, 0.1) is 25.5 Å². The summed E-state index contributed by atoms with van der Waals surface area (Å²) in [6.45, 7) is 8.07. The number of hydrogen-bond donors (Lipinski definition) is 0. The van der Waals surface area contributed by atoms with Crippen molar-refractivity contribution >= 4 is 17.7 Å². The van der Waals surface area contributed by atoms with Crippen LogP contribution in [0.5, 0.6) is 5.75 Å². The molecule has 176 valence electrons. The number of anilines is 2. The van der Waals surface area contributed by atoms with Crippen LogP contribution < -0.4 is 14.5 Å². The summed E-state index contributed by atoms with van der Waals surface area (Å²) in [4.78, 5) is 31.7. The largest absolute Gasteiger partial charge is 0.484 e. The van der Waals surface area contributed by atoms with Crippen LogP contribution in [0.4, 0.5) is 11.8 Å². The number of aromatic nitrogens is 2. The van der Waals surface area contributed by atoms with Crippen LogP contribution in [0.3, 0.4) is 0 Å². The molecule has 2 saturated heterocycles. The topological polar surface area (TPSA) is 74.3 Å². The van der Waals surface area contributed by atoms with Crippen LogP contribution >= 0.6 is 0 Å². The zero-order valence-corrected chi connectivity index (χ0v) is 19.3. The summed E-state index contributed by atoms with van der Waals surface area (Å²) >= 11 is 0. The van der Waals surface area contributed by atoms with Crippen molar-refractivity contribution in [1.82, 2.24) is 19.8 Å². The lowest BCUT2D eigenvalue weighted by Gasteiger charge is -2.38. The summed E-state index contributed by atoms with van der Waals surface area (Å²) in [5, 5.41) is 0. The molecule has 1 aromatic carbocycles. The van der Waals surface area contributed by atoms with Crippen LogP contribution in [0.2, 0.25) is 0 Å². The van der Waals surface area contributed by atoms with E-state index in [1.165, 1.54) is 0 Å². The van der Waals surface area contributed by atoms with Gasteiger partial charge in [-0.3, -0.25) is 4.79 Å². The van der Waals surface area contributed by atoms with Gasteiger partial charge in [-0.25, -0.2) is 4.98 Å². The fourth-order valence-electron chi connectivity index (χ4n) is 4.53. The average molecular weight is 453 g/mol. The molecule has 0 spiro atoms. The Kier molecular flexibility index (Phi) is 6.59. The molecular formula is C24H32N6O3. The van der Waals surface area contributed by atoms with Crippen LogP contribution in [0, 0.1) is 0 Å². The van der Waals surface area contributed by atoms with Crippen molar-refractivity contribution < 1.29 is 14.3 Å². The van der Waals surface area contributed by atoms with Crippen LogP contribution in [0.25, 0.3) is 0 Å². The molecule has 0 atom stereocenters. The van der Waals surface area contributed by atoms with Gasteiger partial charge in [-0.05, 0) is 19.2 Å². The average Bonchev–Trinajstić information content (AvgIpc) is 2.88. The Morgan fingerprint density at radius 1 is 0.970 bits per heavy atom. The third kappa shape index (κ3) is 5.04. The van der Waals surface area contributed by atoms with E-state index in [1.54, 1.807) is 0 Å². The molecule has 3 aliphatic rings. The van der Waals surface area contributed by atoms with E-state index in [9.17, 15) is 4.79 Å². The van der Waals surface area contributed by atoms with Crippen molar-refractivity contribution in [2.24, 2.45) is 0 Å². The maximum atomic E-state index is 12.9. The van der Waals surface area contributed by atoms with Crippen molar-refractivity contribution in [3.63, 3.8) is 0 Å². The molecule has 0 unspecified atom stereocenters. The van der Waals surface area contributed by atoms with Gasteiger partial charge in [0.1, 0.15) is 11.6 Å². The molecule has 0 radical (unpaired) electrons. The van der Waals surface area contributed by atoms with Crippen LogP contribution in [-0.2, 0) is 22.5 Å². The molecule has 4 heterocycles. The number of carbonyl (C=O) groups excluding carboxylic acids is 1. The molecule has 33 heavy (non-hydrogen) atoms. The van der Waals surface area contributed by atoms with Crippen molar-refractivity contribution in [2.45, 2.75) is 13.0 Å². The first kappa shape index (κ1) is 21.9. The quantitative estimate of drug-likeness (QED) is 0.666. The highest BCUT2D eigenvalue weighted by atomic mass is 16.5. The lowest BCUT2D eigenvalue weighted by Crippen LogP contribution is -2.47. The molecule has 1 amide bonds. The summed E-state index contributed by atoms with van der Waals surface area (Å²) in [5.41, 5.74) is 2.14. The van der Waals surface area contributed by atoms with Gasteiger partial charge in [0.2, 0.25) is 5.95 Å². The normalized spacial score (nSPS) is 19.4. The van der Waals surface area contributed by atoms with E-state index in [2.05, 4.69) is 21.7 Å². The minimum absolute atomic E-state index is 0.00825. The second-order valence-corrected chi connectivity index (χ2v) is 8.83. The van der Waals surface area contributed by atoms with Gasteiger partial charge in [-0.2, -0.15) is 4.98 Å². The van der Waals surface area contributed by atoms with Gasteiger partial charge in [-0.1, -0.05) is 18.2 Å². The number of amides is 1. The molecule has 1 aromatic heterocycles. The summed E-state index contributed by atoms with van der Waals surface area (Å²) in [6, 6.07) is 9.48. The number of nitrogens with zero attached hydrogens (tertiary/aromatic N) is 6. The van der Waals surface area contributed by atoms with E-state index in [-0.39, 0.29) is 12.5 Å². The van der Waals surface area contributed by atoms with Crippen LogP contribution in [-0.4, -0.2) is 98.4 Å². The maximum Gasteiger partial charge on any atom is 0.260 e. The minimum atomic E-state index is -0.00825. The molecule has 9 heteroatoms. The smallest absolute Gasteiger partial charge is 0.260 e. The SMILES string of the molecule is CN1CCN(c2nc(N3CCOCC3)nc3c2CN(C(=O)COc2ccccc2)CC3)CC1. The molecule has 2 aromatic rings. The summed E-state index contributed by atoms with van der Waals surface area (Å²) in [6.07, 6.45) is 0.729. The number of hydrogen-bond acceptors (Lipinski definition) is 8. The predicted octanol–water partition coefficient (Wildman–Crippen LogP) is 1.03. The third-order valence-electron chi connectivity index (χ3n) is 6.58. The van der Waals surface area contributed by atoms with Crippen molar-refractivity contribution in [3.8, 4) is 5.75 Å². The monoisotopic (exact) mass is 452 g/mol. The van der Waals surface area contributed by atoms with E-state index < -0.39 is 0 Å². The minimum Gasteiger partial charge on any atom is -0.484 e. The second-order valence-electron chi connectivity index (χ2n) is 8.83. The number of morpholine rings is 1. The molecule has 9 nitrogen and oxygen atoms in total. The fraction of sp³-hybridized carbons (Fsp3) is 0.542. The number of rotatable bonds is 5. The Labute approximate surface area is 194 Å². The maximum absolute atomic E-state index is 12.9. The number of likely N-dealkylation sites (N-methyl/N-ethyl adjacent to an activating group) is 1. The van der Waals surface area contributed by atoms with Gasteiger partial charge in [0.25, 0.3) is 5.91 Å². The fourth-order valence-corrected chi connectivity index (χ4v) is 4.53. The zero-order chi connectivity index (χ0) is 22.6. The standard InChI is InChI=1S/C24H32N6O3/c1-27-9-11-28(12-10-27)23-20-17-30(22(31)18-33-19-5-3-2-4-6-19)8-7-21(20)25-24(26-23)29-13-15-32-16-14-29/h2-6H,7-18H2,1H3. The van der Waals surface area contributed by atoms with Crippen LogP contribution in [0.15, 0.2) is 30.3 Å². The number of fused-ring (bicyclic) bond motifs is 1. The first-order valence-corrected chi connectivity index (χ1v) is 11.8. The van der Waals surface area contributed by atoms with E-state index in [0.717, 1.165) is 68.7 Å². The molecule has 0 saturated carbocycles. The highest BCUT2D eigenvalue weighted by molar-refractivity contribution is 5.78. The van der Waals surface area contributed by atoms with E-state index in [1.807, 2.05) is 35.2 Å². The third-order valence-corrected chi connectivity index (χ3v) is 6.58. The first-order chi connectivity index (χ1) is 16.2. The Balaban J connectivity index is 1.36. The van der Waals surface area contributed by atoms with Gasteiger partial charge >= 0.3 is 0 Å². The Hall–Kier alpha value is -2.91. The number of carbonyl (C=O) groups is 1. The zero-order valence-electron chi connectivity index (χ0n) is 19.3. The van der Waals surface area contributed by atoms with Crippen LogP contribution in [0.1, 0.15) is 11.3 Å².